The topological polar surface area (TPSA) is 96.7 Å². The fourth-order valence-corrected chi connectivity index (χ4v) is 4.69. The average Bonchev–Trinajstić information content (AvgIpc) is 3.10. The number of hydrogen-bond donors (Lipinski definition) is 1. The number of unbranched alkanes of at least 4 members (excludes halogenated alkanes) is 1. The van der Waals surface area contributed by atoms with Crippen LogP contribution in [0.3, 0.4) is 0 Å². The number of rotatable bonds is 6. The molecule has 0 bridgehead atoms. The van der Waals surface area contributed by atoms with Gasteiger partial charge in [-0.3, -0.25) is 4.79 Å². The summed E-state index contributed by atoms with van der Waals surface area (Å²) in [4.78, 5) is 16.7. The maximum Gasteiger partial charge on any atom is 0.228 e. The smallest absolute Gasteiger partial charge is 0.228 e. The zero-order valence-electron chi connectivity index (χ0n) is 14.3. The van der Waals surface area contributed by atoms with Gasteiger partial charge in [-0.05, 0) is 25.3 Å². The molecule has 0 spiro atoms. The first kappa shape index (κ1) is 17.8. The lowest BCUT2D eigenvalue weighted by molar-refractivity contribution is -0.120. The van der Waals surface area contributed by atoms with E-state index in [1.165, 1.54) is 4.31 Å². The molecule has 0 aromatic carbocycles. The van der Waals surface area contributed by atoms with Crippen LogP contribution in [-0.2, 0) is 14.8 Å². The van der Waals surface area contributed by atoms with Gasteiger partial charge in [-0.1, -0.05) is 13.3 Å². The summed E-state index contributed by atoms with van der Waals surface area (Å²) in [6.07, 6.45) is 5.83. The number of nitrogens with zero attached hydrogens (tertiary/aromatic N) is 4. The first-order chi connectivity index (χ1) is 12.0. The lowest BCUT2D eigenvalue weighted by atomic mass is 9.97. The number of amides is 1. The molecule has 0 atom stereocenters. The number of hydrogen-bond acceptors (Lipinski definition) is 5. The number of aromatic nitrogens is 3. The van der Waals surface area contributed by atoms with Crippen molar-refractivity contribution in [2.75, 3.05) is 24.2 Å². The molecule has 1 saturated heterocycles. The number of nitrogens with one attached hydrogen (secondary N) is 1. The highest BCUT2D eigenvalue weighted by Gasteiger charge is 2.30. The Morgan fingerprint density at radius 3 is 2.76 bits per heavy atom. The van der Waals surface area contributed by atoms with Gasteiger partial charge in [-0.15, -0.1) is 0 Å². The van der Waals surface area contributed by atoms with Crippen LogP contribution in [0.5, 0.6) is 0 Å². The van der Waals surface area contributed by atoms with Crippen LogP contribution in [0.1, 0.15) is 32.6 Å². The third kappa shape index (κ3) is 3.98. The highest BCUT2D eigenvalue weighted by molar-refractivity contribution is 7.89. The Labute approximate surface area is 147 Å². The average molecular weight is 365 g/mol. The summed E-state index contributed by atoms with van der Waals surface area (Å²) in [5, 5.41) is 7.02. The van der Waals surface area contributed by atoms with Crippen molar-refractivity contribution in [2.45, 2.75) is 32.6 Å². The summed E-state index contributed by atoms with van der Waals surface area (Å²) in [5.74, 6) is 0.456. The Kier molecular flexibility index (Phi) is 5.33. The van der Waals surface area contributed by atoms with Crippen LogP contribution in [0.2, 0.25) is 0 Å². The van der Waals surface area contributed by atoms with Gasteiger partial charge in [0.2, 0.25) is 15.9 Å². The Bertz CT molecular complexity index is 840. The van der Waals surface area contributed by atoms with E-state index >= 15 is 0 Å². The molecule has 0 unspecified atom stereocenters. The van der Waals surface area contributed by atoms with E-state index < -0.39 is 10.0 Å². The molecule has 2 aromatic rings. The van der Waals surface area contributed by atoms with Crippen LogP contribution in [0.25, 0.3) is 5.65 Å². The molecule has 136 valence electrons. The Morgan fingerprint density at radius 1 is 1.28 bits per heavy atom. The molecule has 1 aliphatic heterocycles. The zero-order chi connectivity index (χ0) is 17.9. The van der Waals surface area contributed by atoms with E-state index in [0.29, 0.717) is 43.8 Å². The zero-order valence-corrected chi connectivity index (χ0v) is 15.1. The van der Waals surface area contributed by atoms with Crippen LogP contribution in [-0.4, -0.2) is 52.1 Å². The lowest BCUT2D eigenvalue weighted by Crippen LogP contribution is -2.42. The minimum absolute atomic E-state index is 0.103. The van der Waals surface area contributed by atoms with Crippen LogP contribution in [0.15, 0.2) is 24.5 Å². The largest absolute Gasteiger partial charge is 0.310 e. The molecule has 1 N–H and O–H groups in total. The number of fused-ring (bicyclic) bond motifs is 1. The molecule has 1 aliphatic rings. The summed E-state index contributed by atoms with van der Waals surface area (Å²) < 4.78 is 27.6. The fraction of sp³-hybridized carbons (Fsp3) is 0.562. The molecule has 25 heavy (non-hydrogen) atoms. The number of anilines is 1. The highest BCUT2D eigenvalue weighted by Crippen LogP contribution is 2.22. The molecule has 3 rings (SSSR count). The summed E-state index contributed by atoms with van der Waals surface area (Å²) in [6, 6.07) is 3.46. The Balaban J connectivity index is 1.59. The van der Waals surface area contributed by atoms with E-state index in [1.807, 2.05) is 6.92 Å². The second-order valence-corrected chi connectivity index (χ2v) is 8.35. The van der Waals surface area contributed by atoms with Gasteiger partial charge >= 0.3 is 0 Å². The van der Waals surface area contributed by atoms with Crippen LogP contribution < -0.4 is 5.32 Å². The van der Waals surface area contributed by atoms with Gasteiger partial charge in [0.15, 0.2) is 5.65 Å². The van der Waals surface area contributed by atoms with Crippen molar-refractivity contribution >= 4 is 27.4 Å². The molecule has 1 fully saturated rings. The van der Waals surface area contributed by atoms with Gasteiger partial charge in [0.05, 0.1) is 11.9 Å². The molecule has 8 nitrogen and oxygen atoms in total. The molecule has 3 heterocycles. The van der Waals surface area contributed by atoms with Crippen molar-refractivity contribution in [1.29, 1.82) is 0 Å². The van der Waals surface area contributed by atoms with Crippen molar-refractivity contribution < 1.29 is 13.2 Å². The highest BCUT2D eigenvalue weighted by atomic mass is 32.2. The second-order valence-electron chi connectivity index (χ2n) is 6.26. The minimum atomic E-state index is -3.20. The van der Waals surface area contributed by atoms with Crippen molar-refractivity contribution in [3.05, 3.63) is 24.5 Å². The van der Waals surface area contributed by atoms with Gasteiger partial charge in [-0.25, -0.2) is 17.7 Å². The van der Waals surface area contributed by atoms with Gasteiger partial charge in [0.25, 0.3) is 0 Å². The standard InChI is InChI=1S/C16H23N5O3S/c1-2-3-12-25(23,24)20-10-6-13(7-11-20)16(22)19-15-4-8-17-14-5-9-18-21(14)15/h4-5,8-9,13H,2-3,6-7,10-12H2,1H3,(H,19,22). The lowest BCUT2D eigenvalue weighted by Gasteiger charge is -2.30. The Hall–Kier alpha value is -2.00. The van der Waals surface area contributed by atoms with Gasteiger partial charge in [0.1, 0.15) is 5.82 Å². The summed E-state index contributed by atoms with van der Waals surface area (Å²) >= 11 is 0. The van der Waals surface area contributed by atoms with Gasteiger partial charge in [0, 0.05) is 31.3 Å². The molecule has 9 heteroatoms. The van der Waals surface area contributed by atoms with E-state index in [2.05, 4.69) is 15.4 Å². The molecule has 0 aliphatic carbocycles. The number of piperidine rings is 1. The monoisotopic (exact) mass is 365 g/mol. The summed E-state index contributed by atoms with van der Waals surface area (Å²) in [6.45, 7) is 2.77. The fourth-order valence-electron chi connectivity index (χ4n) is 3.01. The van der Waals surface area contributed by atoms with E-state index in [0.717, 1.165) is 6.42 Å². The normalized spacial score (nSPS) is 17.0. The van der Waals surface area contributed by atoms with Crippen LogP contribution in [0.4, 0.5) is 5.82 Å². The SMILES string of the molecule is CCCCS(=O)(=O)N1CCC(C(=O)Nc2ccnc3ccnn23)CC1. The van der Waals surface area contributed by atoms with Gasteiger partial charge < -0.3 is 5.32 Å². The summed E-state index contributed by atoms with van der Waals surface area (Å²) in [7, 11) is -3.20. The third-order valence-corrected chi connectivity index (χ3v) is 6.47. The van der Waals surface area contributed by atoms with Crippen molar-refractivity contribution in [3.63, 3.8) is 0 Å². The maximum absolute atomic E-state index is 12.5. The van der Waals surface area contributed by atoms with Gasteiger partial charge in [-0.2, -0.15) is 9.61 Å². The molecule has 1 amide bonds. The predicted octanol–water partition coefficient (Wildman–Crippen LogP) is 1.51. The quantitative estimate of drug-likeness (QED) is 0.837. The minimum Gasteiger partial charge on any atom is -0.310 e. The Morgan fingerprint density at radius 2 is 2.04 bits per heavy atom. The first-order valence-corrected chi connectivity index (χ1v) is 10.2. The van der Waals surface area contributed by atoms with E-state index in [4.69, 9.17) is 0 Å². The summed E-state index contributed by atoms with van der Waals surface area (Å²) in [5.41, 5.74) is 0.662. The second kappa shape index (κ2) is 7.49. The van der Waals surface area contributed by atoms with E-state index in [1.54, 1.807) is 29.0 Å². The molecule has 0 radical (unpaired) electrons. The maximum atomic E-state index is 12.5. The number of carbonyl (C=O) groups excluding carboxylic acids is 1. The van der Waals surface area contributed by atoms with E-state index in [-0.39, 0.29) is 17.6 Å². The van der Waals surface area contributed by atoms with Crippen molar-refractivity contribution in [2.24, 2.45) is 5.92 Å². The van der Waals surface area contributed by atoms with E-state index in [9.17, 15) is 13.2 Å². The molecule has 0 saturated carbocycles. The molecule has 2 aromatic heterocycles. The molecular formula is C16H23N5O3S. The van der Waals surface area contributed by atoms with Crippen LogP contribution >= 0.6 is 0 Å². The van der Waals surface area contributed by atoms with Crippen LogP contribution in [0, 0.1) is 5.92 Å². The predicted molar refractivity (Wildman–Crippen MR) is 94.6 cm³/mol. The number of sulfonamides is 1. The molecular weight excluding hydrogens is 342 g/mol. The third-order valence-electron chi connectivity index (χ3n) is 4.52. The number of carbonyl (C=O) groups is 1. The van der Waals surface area contributed by atoms with Crippen molar-refractivity contribution in [1.82, 2.24) is 18.9 Å². The first-order valence-electron chi connectivity index (χ1n) is 8.58. The van der Waals surface area contributed by atoms with Crippen molar-refractivity contribution in [3.8, 4) is 0 Å².